The summed E-state index contributed by atoms with van der Waals surface area (Å²) in [6.07, 6.45) is -0.819. The van der Waals surface area contributed by atoms with Crippen LogP contribution in [-0.2, 0) is 6.18 Å². The number of carbonyl (C=O) groups excluding carboxylic acids is 1. The Bertz CT molecular complexity index is 904. The lowest BCUT2D eigenvalue weighted by atomic mass is 10.1. The predicted octanol–water partition coefficient (Wildman–Crippen LogP) is 1.82. The summed E-state index contributed by atoms with van der Waals surface area (Å²) in [5, 5.41) is 13.0. The van der Waals surface area contributed by atoms with Crippen molar-refractivity contribution in [2.75, 3.05) is 0 Å². The van der Waals surface area contributed by atoms with Gasteiger partial charge in [-0.2, -0.15) is 28.5 Å². The average Bonchev–Trinajstić information content (AvgIpc) is 3.16. The largest absolute Gasteiger partial charge is 0.433 e. The minimum Gasteiger partial charge on any atom is -0.365 e. The van der Waals surface area contributed by atoms with E-state index in [0.29, 0.717) is 0 Å². The number of nitrogens with zero attached hydrogens (tertiary/aromatic N) is 5. The number of aromatic amines is 1. The Kier molecular flexibility index (Phi) is 3.72. The van der Waals surface area contributed by atoms with E-state index in [2.05, 4.69) is 20.3 Å². The first kappa shape index (κ1) is 15.9. The standard InChI is InChI=1S/C12H7ClF3N7O/c13-6-3-5(4-18-11(6)23-19-1-2-20-23)8-7(10(17)24)9(22-21-8)12(14,15)16/h1-4H,(H2,17,24)(H,21,22). The van der Waals surface area contributed by atoms with Gasteiger partial charge in [-0.15, -0.1) is 4.80 Å². The maximum Gasteiger partial charge on any atom is 0.433 e. The number of nitrogens with two attached hydrogens (primary N) is 1. The smallest absolute Gasteiger partial charge is 0.365 e. The van der Waals surface area contributed by atoms with Gasteiger partial charge < -0.3 is 5.73 Å². The van der Waals surface area contributed by atoms with E-state index in [4.69, 9.17) is 17.3 Å². The zero-order valence-corrected chi connectivity index (χ0v) is 12.3. The van der Waals surface area contributed by atoms with Crippen LogP contribution in [0.5, 0.6) is 0 Å². The third-order valence-electron chi connectivity index (χ3n) is 3.00. The van der Waals surface area contributed by atoms with Crippen molar-refractivity contribution in [2.45, 2.75) is 6.18 Å². The van der Waals surface area contributed by atoms with Crippen LogP contribution in [0, 0.1) is 0 Å². The molecule has 0 atom stereocenters. The molecule has 0 bridgehead atoms. The summed E-state index contributed by atoms with van der Waals surface area (Å²) < 4.78 is 38.8. The first-order valence-corrected chi connectivity index (χ1v) is 6.65. The molecule has 0 aliphatic heterocycles. The van der Waals surface area contributed by atoms with Crippen molar-refractivity contribution in [3.8, 4) is 17.1 Å². The highest BCUT2D eigenvalue weighted by Gasteiger charge is 2.39. The topological polar surface area (TPSA) is 115 Å². The molecular formula is C12H7ClF3N7O. The molecule has 0 aliphatic carbocycles. The van der Waals surface area contributed by atoms with E-state index in [-0.39, 0.29) is 22.1 Å². The van der Waals surface area contributed by atoms with Crippen LogP contribution >= 0.6 is 11.6 Å². The molecule has 3 aromatic rings. The second kappa shape index (κ2) is 5.60. The maximum absolute atomic E-state index is 12.9. The van der Waals surface area contributed by atoms with Crippen LogP contribution in [-0.4, -0.2) is 36.1 Å². The van der Waals surface area contributed by atoms with E-state index in [9.17, 15) is 18.0 Å². The lowest BCUT2D eigenvalue weighted by Crippen LogP contribution is -2.18. The molecular weight excluding hydrogens is 351 g/mol. The van der Waals surface area contributed by atoms with E-state index < -0.39 is 23.3 Å². The van der Waals surface area contributed by atoms with E-state index in [0.717, 1.165) is 4.80 Å². The van der Waals surface area contributed by atoms with Gasteiger partial charge >= 0.3 is 6.18 Å². The quantitative estimate of drug-likeness (QED) is 0.741. The molecule has 3 aromatic heterocycles. The number of hydrogen-bond donors (Lipinski definition) is 2. The lowest BCUT2D eigenvalue weighted by Gasteiger charge is -2.07. The monoisotopic (exact) mass is 357 g/mol. The first-order valence-electron chi connectivity index (χ1n) is 6.27. The third kappa shape index (κ3) is 2.69. The zero-order valence-electron chi connectivity index (χ0n) is 11.5. The highest BCUT2D eigenvalue weighted by molar-refractivity contribution is 6.32. The Morgan fingerprint density at radius 3 is 2.50 bits per heavy atom. The highest BCUT2D eigenvalue weighted by atomic mass is 35.5. The van der Waals surface area contributed by atoms with Gasteiger partial charge in [-0.1, -0.05) is 11.6 Å². The average molecular weight is 358 g/mol. The summed E-state index contributed by atoms with van der Waals surface area (Å²) in [5.74, 6) is -1.11. The molecule has 0 fully saturated rings. The highest BCUT2D eigenvalue weighted by Crippen LogP contribution is 2.35. The van der Waals surface area contributed by atoms with Gasteiger partial charge in [0.1, 0.15) is 5.69 Å². The van der Waals surface area contributed by atoms with Crippen molar-refractivity contribution in [3.05, 3.63) is 40.9 Å². The van der Waals surface area contributed by atoms with Crippen molar-refractivity contribution in [1.82, 2.24) is 30.2 Å². The van der Waals surface area contributed by atoms with Crippen LogP contribution < -0.4 is 5.73 Å². The van der Waals surface area contributed by atoms with Gasteiger partial charge in [0.15, 0.2) is 11.5 Å². The molecule has 24 heavy (non-hydrogen) atoms. The Balaban J connectivity index is 2.12. The molecule has 0 aliphatic rings. The van der Waals surface area contributed by atoms with Crippen molar-refractivity contribution >= 4 is 17.5 Å². The van der Waals surface area contributed by atoms with Crippen molar-refractivity contribution < 1.29 is 18.0 Å². The Hall–Kier alpha value is -2.95. The Morgan fingerprint density at radius 1 is 1.29 bits per heavy atom. The van der Waals surface area contributed by atoms with Gasteiger partial charge in [0.05, 0.1) is 23.0 Å². The molecule has 0 spiro atoms. The van der Waals surface area contributed by atoms with Gasteiger partial charge in [0.25, 0.3) is 5.91 Å². The number of alkyl halides is 3. The lowest BCUT2D eigenvalue weighted by molar-refractivity contribution is -0.141. The molecule has 0 saturated heterocycles. The van der Waals surface area contributed by atoms with Crippen molar-refractivity contribution in [1.29, 1.82) is 0 Å². The van der Waals surface area contributed by atoms with Crippen LogP contribution in [0.2, 0.25) is 5.02 Å². The number of amides is 1. The summed E-state index contributed by atoms with van der Waals surface area (Å²) in [6.45, 7) is 0. The molecule has 0 radical (unpaired) electrons. The van der Waals surface area contributed by atoms with Gasteiger partial charge in [-0.3, -0.25) is 9.89 Å². The number of pyridine rings is 1. The number of primary amides is 1. The molecule has 124 valence electrons. The van der Waals surface area contributed by atoms with E-state index in [1.54, 1.807) is 5.10 Å². The van der Waals surface area contributed by atoms with E-state index >= 15 is 0 Å². The molecule has 3 N–H and O–H groups in total. The molecule has 0 saturated carbocycles. The number of carbonyl (C=O) groups is 1. The van der Waals surface area contributed by atoms with Gasteiger partial charge in [0.2, 0.25) is 0 Å². The molecule has 12 heteroatoms. The Morgan fingerprint density at radius 2 is 1.96 bits per heavy atom. The maximum atomic E-state index is 12.9. The van der Waals surface area contributed by atoms with Crippen LogP contribution in [0.4, 0.5) is 13.2 Å². The van der Waals surface area contributed by atoms with Crippen LogP contribution in [0.3, 0.4) is 0 Å². The second-order valence-corrected chi connectivity index (χ2v) is 4.94. The van der Waals surface area contributed by atoms with E-state index in [1.165, 1.54) is 24.7 Å². The molecule has 0 unspecified atom stereocenters. The molecule has 1 amide bonds. The Labute approximate surface area is 136 Å². The second-order valence-electron chi connectivity index (χ2n) is 4.53. The number of hydrogen-bond acceptors (Lipinski definition) is 5. The van der Waals surface area contributed by atoms with Gasteiger partial charge in [-0.05, 0) is 6.07 Å². The minimum absolute atomic E-state index is 0.0516. The fraction of sp³-hybridized carbons (Fsp3) is 0.0833. The summed E-state index contributed by atoms with van der Waals surface area (Å²) in [5.41, 5.74) is 2.72. The fourth-order valence-electron chi connectivity index (χ4n) is 2.03. The number of halogens is 4. The molecule has 0 aromatic carbocycles. The van der Waals surface area contributed by atoms with Gasteiger partial charge in [-0.25, -0.2) is 4.98 Å². The fourth-order valence-corrected chi connectivity index (χ4v) is 2.27. The number of nitrogens with one attached hydrogen (secondary N) is 1. The number of rotatable bonds is 3. The third-order valence-corrected chi connectivity index (χ3v) is 3.28. The number of H-pyrrole nitrogens is 1. The SMILES string of the molecule is NC(=O)c1c(-c2cnc(-n3nccn3)c(Cl)c2)n[nH]c1C(F)(F)F. The summed E-state index contributed by atoms with van der Waals surface area (Å²) in [4.78, 5) is 16.6. The normalized spacial score (nSPS) is 11.7. The predicted molar refractivity (Wildman–Crippen MR) is 75.3 cm³/mol. The summed E-state index contributed by atoms with van der Waals surface area (Å²) in [7, 11) is 0. The van der Waals surface area contributed by atoms with Crippen molar-refractivity contribution in [3.63, 3.8) is 0 Å². The van der Waals surface area contributed by atoms with Crippen LogP contribution in [0.1, 0.15) is 16.1 Å². The molecule has 8 nitrogen and oxygen atoms in total. The van der Waals surface area contributed by atoms with Crippen LogP contribution in [0.25, 0.3) is 17.1 Å². The summed E-state index contributed by atoms with van der Waals surface area (Å²) >= 11 is 6.06. The first-order chi connectivity index (χ1) is 11.3. The zero-order chi connectivity index (χ0) is 17.5. The molecule has 3 rings (SSSR count). The van der Waals surface area contributed by atoms with Gasteiger partial charge in [0, 0.05) is 11.8 Å². The molecule has 3 heterocycles. The minimum atomic E-state index is -4.81. The van der Waals surface area contributed by atoms with E-state index in [1.807, 2.05) is 0 Å². The number of aromatic nitrogens is 6. The summed E-state index contributed by atoms with van der Waals surface area (Å²) in [6, 6.07) is 1.29. The van der Waals surface area contributed by atoms with Crippen molar-refractivity contribution in [2.24, 2.45) is 5.73 Å². The van der Waals surface area contributed by atoms with Crippen LogP contribution in [0.15, 0.2) is 24.7 Å².